The van der Waals surface area contributed by atoms with Crippen LogP contribution in [0.1, 0.15) is 27.4 Å². The molecule has 12 heteroatoms. The van der Waals surface area contributed by atoms with E-state index in [1.165, 1.54) is 0 Å². The number of rotatable bonds is 6. The van der Waals surface area contributed by atoms with Gasteiger partial charge in [0.2, 0.25) is 5.95 Å². The predicted molar refractivity (Wildman–Crippen MR) is 150 cm³/mol. The van der Waals surface area contributed by atoms with E-state index in [-0.39, 0.29) is 5.91 Å². The summed E-state index contributed by atoms with van der Waals surface area (Å²) in [6.45, 7) is 5.54. The van der Waals surface area contributed by atoms with Crippen LogP contribution >= 0.6 is 11.9 Å². The summed E-state index contributed by atoms with van der Waals surface area (Å²) in [6, 6.07) is 15.0. The monoisotopic (exact) mass is 548 g/mol. The number of amides is 1. The quantitative estimate of drug-likeness (QED) is 0.430. The molecule has 0 saturated carbocycles. The zero-order chi connectivity index (χ0) is 26.8. The van der Waals surface area contributed by atoms with Gasteiger partial charge >= 0.3 is 0 Å². The van der Waals surface area contributed by atoms with Gasteiger partial charge in [-0.3, -0.25) is 9.10 Å². The van der Waals surface area contributed by atoms with Crippen molar-refractivity contribution in [2.75, 3.05) is 60.1 Å². The molecule has 38 heavy (non-hydrogen) atoms. The van der Waals surface area contributed by atoms with Gasteiger partial charge in [-0.15, -0.1) is 0 Å². The van der Waals surface area contributed by atoms with Crippen LogP contribution in [0.5, 0.6) is 0 Å². The van der Waals surface area contributed by atoms with E-state index in [4.69, 9.17) is 4.98 Å². The second-order valence-electron chi connectivity index (χ2n) is 9.07. The third-order valence-electron chi connectivity index (χ3n) is 6.59. The highest BCUT2D eigenvalue weighted by Crippen LogP contribution is 2.33. The first-order chi connectivity index (χ1) is 18.3. The molecule has 196 valence electrons. The van der Waals surface area contributed by atoms with E-state index in [9.17, 15) is 14.3 Å². The van der Waals surface area contributed by atoms with Gasteiger partial charge < -0.3 is 9.80 Å². The number of carbonyl (C=O) groups excluding carboxylic acids is 1. The van der Waals surface area contributed by atoms with Gasteiger partial charge in [-0.05, 0) is 49.2 Å². The number of fused-ring (bicyclic) bond motifs is 1. The van der Waals surface area contributed by atoms with Crippen molar-refractivity contribution in [3.8, 4) is 6.07 Å². The molecule has 1 atom stereocenters. The average molecular weight is 549 g/mol. The highest BCUT2D eigenvalue weighted by Gasteiger charge is 2.29. The molecule has 2 aromatic heterocycles. The lowest BCUT2D eigenvalue weighted by molar-refractivity contribution is 0.0990. The zero-order valence-corrected chi connectivity index (χ0v) is 23.1. The van der Waals surface area contributed by atoms with Gasteiger partial charge in [0.1, 0.15) is 27.8 Å². The number of carbonyl (C=O) groups is 1. The number of hydrogen-bond donors (Lipinski definition) is 0. The van der Waals surface area contributed by atoms with Gasteiger partial charge in [0.25, 0.3) is 5.91 Å². The van der Waals surface area contributed by atoms with Gasteiger partial charge in [-0.25, -0.2) is 23.5 Å². The van der Waals surface area contributed by atoms with Crippen LogP contribution in [0.15, 0.2) is 47.5 Å². The predicted octanol–water partition coefficient (Wildman–Crippen LogP) is 2.81. The zero-order valence-electron chi connectivity index (χ0n) is 21.5. The number of nitriles is 1. The highest BCUT2D eigenvalue weighted by molar-refractivity contribution is 7.97. The SMILES string of the molecule is Cc1cc(C#N)nc(N2CCN(Sc3ccc4c(n3)CCN4C(=O)c3ccccc3N(C)S(C)=O)CC2)n1. The number of aromatic nitrogens is 3. The molecular weight excluding hydrogens is 520 g/mol. The summed E-state index contributed by atoms with van der Waals surface area (Å²) in [4.78, 5) is 31.1. The second-order valence-corrected chi connectivity index (χ2v) is 11.6. The van der Waals surface area contributed by atoms with Crippen molar-refractivity contribution in [3.05, 3.63) is 65.1 Å². The summed E-state index contributed by atoms with van der Waals surface area (Å²) < 4.78 is 15.9. The summed E-state index contributed by atoms with van der Waals surface area (Å²) in [5.74, 6) is 0.484. The van der Waals surface area contributed by atoms with Gasteiger partial charge in [0.05, 0.1) is 22.6 Å². The Bertz CT molecular complexity index is 1430. The van der Waals surface area contributed by atoms with E-state index in [2.05, 4.69) is 25.2 Å². The number of piperazine rings is 1. The molecule has 0 bridgehead atoms. The van der Waals surface area contributed by atoms with Crippen molar-refractivity contribution >= 4 is 46.2 Å². The van der Waals surface area contributed by atoms with Gasteiger partial charge in [0.15, 0.2) is 0 Å². The summed E-state index contributed by atoms with van der Waals surface area (Å²) in [5, 5.41) is 10.1. The molecule has 0 N–H and O–H groups in total. The fourth-order valence-corrected chi connectivity index (χ4v) is 5.91. The maximum absolute atomic E-state index is 13.5. The summed E-state index contributed by atoms with van der Waals surface area (Å²) in [6.07, 6.45) is 2.28. The minimum Gasteiger partial charge on any atom is -0.338 e. The molecule has 5 rings (SSSR count). The lowest BCUT2D eigenvalue weighted by atomic mass is 10.1. The average Bonchev–Trinajstić information content (AvgIpc) is 3.35. The highest BCUT2D eigenvalue weighted by atomic mass is 32.2. The van der Waals surface area contributed by atoms with Crippen molar-refractivity contribution < 1.29 is 9.00 Å². The topological polar surface area (TPSA) is 110 Å². The molecule has 0 aliphatic carbocycles. The Balaban J connectivity index is 1.25. The van der Waals surface area contributed by atoms with Crippen LogP contribution in [0.2, 0.25) is 0 Å². The number of anilines is 3. The fourth-order valence-electron chi connectivity index (χ4n) is 4.58. The Morgan fingerprint density at radius 1 is 1.08 bits per heavy atom. The van der Waals surface area contributed by atoms with Crippen LogP contribution in [0.4, 0.5) is 17.3 Å². The van der Waals surface area contributed by atoms with Crippen LogP contribution in [0.3, 0.4) is 0 Å². The molecule has 3 aromatic rings. The first-order valence-corrected chi connectivity index (χ1v) is 14.5. The molecule has 2 aliphatic rings. The number of pyridine rings is 1. The molecule has 1 aromatic carbocycles. The molecule has 0 spiro atoms. The normalized spacial score (nSPS) is 16.2. The summed E-state index contributed by atoms with van der Waals surface area (Å²) in [7, 11) is 0.487. The first kappa shape index (κ1) is 26.1. The van der Waals surface area contributed by atoms with E-state index in [1.807, 2.05) is 37.3 Å². The van der Waals surface area contributed by atoms with E-state index in [0.717, 1.165) is 48.3 Å². The summed E-state index contributed by atoms with van der Waals surface area (Å²) >= 11 is 1.61. The minimum absolute atomic E-state index is 0.118. The minimum atomic E-state index is -1.24. The molecule has 10 nitrogen and oxygen atoms in total. The lowest BCUT2D eigenvalue weighted by Gasteiger charge is -2.33. The Kier molecular flexibility index (Phi) is 7.60. The lowest BCUT2D eigenvalue weighted by Crippen LogP contribution is -2.44. The van der Waals surface area contributed by atoms with Crippen LogP contribution in [-0.2, 0) is 17.4 Å². The van der Waals surface area contributed by atoms with Crippen molar-refractivity contribution in [1.82, 2.24) is 19.3 Å². The Hall–Kier alpha value is -3.53. The molecule has 4 heterocycles. The molecule has 0 radical (unpaired) electrons. The number of benzene rings is 1. The molecule has 1 amide bonds. The van der Waals surface area contributed by atoms with Crippen LogP contribution < -0.4 is 14.1 Å². The van der Waals surface area contributed by atoms with Crippen molar-refractivity contribution in [2.45, 2.75) is 18.4 Å². The van der Waals surface area contributed by atoms with E-state index < -0.39 is 11.0 Å². The molecule has 1 unspecified atom stereocenters. The van der Waals surface area contributed by atoms with E-state index in [1.54, 1.807) is 46.6 Å². The third-order valence-corrected chi connectivity index (χ3v) is 8.60. The molecule has 1 saturated heterocycles. The number of aryl methyl sites for hydroxylation is 1. The fraction of sp³-hybridized carbons (Fsp3) is 0.346. The van der Waals surface area contributed by atoms with Gasteiger partial charge in [0, 0.05) is 58.1 Å². The van der Waals surface area contributed by atoms with Gasteiger partial charge in [-0.2, -0.15) is 5.26 Å². The van der Waals surface area contributed by atoms with Crippen LogP contribution in [-0.4, -0.2) is 75.4 Å². The number of para-hydroxylation sites is 1. The van der Waals surface area contributed by atoms with Gasteiger partial charge in [-0.1, -0.05) is 12.1 Å². The van der Waals surface area contributed by atoms with Crippen molar-refractivity contribution in [2.24, 2.45) is 0 Å². The maximum Gasteiger partial charge on any atom is 0.260 e. The second kappa shape index (κ2) is 11.1. The van der Waals surface area contributed by atoms with Crippen molar-refractivity contribution in [1.29, 1.82) is 5.26 Å². The van der Waals surface area contributed by atoms with Crippen LogP contribution in [0, 0.1) is 18.3 Å². The largest absolute Gasteiger partial charge is 0.338 e. The Morgan fingerprint density at radius 3 is 2.58 bits per heavy atom. The first-order valence-electron chi connectivity index (χ1n) is 12.3. The molecule has 1 fully saturated rings. The van der Waals surface area contributed by atoms with Crippen molar-refractivity contribution in [3.63, 3.8) is 0 Å². The number of hydrogen-bond acceptors (Lipinski definition) is 9. The summed E-state index contributed by atoms with van der Waals surface area (Å²) in [5.41, 5.74) is 4.07. The standard InChI is InChI=1S/C26H28N8O2S2/c1-18-16-19(17-27)29-26(28-18)32-12-14-33(15-13-32)37-24-9-8-23-21(30-24)10-11-34(23)25(35)20-6-4-5-7-22(20)31(2)38(3)36/h4-9,16H,10-15H2,1-3H3. The maximum atomic E-state index is 13.5. The molecular formula is C26H28N8O2S2. The third kappa shape index (κ3) is 5.36. The Morgan fingerprint density at radius 2 is 1.84 bits per heavy atom. The smallest absolute Gasteiger partial charge is 0.260 e. The van der Waals surface area contributed by atoms with E-state index >= 15 is 0 Å². The van der Waals surface area contributed by atoms with E-state index in [0.29, 0.717) is 35.9 Å². The number of nitrogens with zero attached hydrogens (tertiary/aromatic N) is 8. The van der Waals surface area contributed by atoms with Crippen LogP contribution in [0.25, 0.3) is 0 Å². The molecule has 2 aliphatic heterocycles. The Labute approximate surface area is 229 Å².